The third-order valence-electron chi connectivity index (χ3n) is 2.80. The molecule has 0 aliphatic heterocycles. The summed E-state index contributed by atoms with van der Waals surface area (Å²) in [6.45, 7) is 0. The minimum Gasteiger partial charge on any atom is -0.502 e. The first-order valence-corrected chi connectivity index (χ1v) is 7.46. The van der Waals surface area contributed by atoms with Gasteiger partial charge in [0.25, 0.3) is 10.0 Å². The predicted octanol–water partition coefficient (Wildman–Crippen LogP) is 2.11. The molecule has 0 heterocycles. The highest BCUT2D eigenvalue weighted by Crippen LogP contribution is 2.29. The molecule has 0 saturated carbocycles. The minimum absolute atomic E-state index is 0.275. The maximum Gasteiger partial charge on any atom is 0.312 e. The van der Waals surface area contributed by atoms with Crippen LogP contribution in [0.3, 0.4) is 0 Å². The van der Waals surface area contributed by atoms with Gasteiger partial charge in [-0.25, -0.2) is 8.42 Å². The molecule has 0 amide bonds. The number of benzene rings is 2. The van der Waals surface area contributed by atoms with Crippen LogP contribution in [-0.4, -0.2) is 25.6 Å². The molecule has 0 aliphatic carbocycles. The van der Waals surface area contributed by atoms with E-state index in [2.05, 4.69) is 4.72 Å². The number of sulfonamides is 1. The summed E-state index contributed by atoms with van der Waals surface area (Å²) in [6.07, 6.45) is 0. The summed E-state index contributed by atoms with van der Waals surface area (Å²) >= 11 is 0. The smallest absolute Gasteiger partial charge is 0.312 e. The molecule has 2 N–H and O–H groups in total. The third-order valence-corrected chi connectivity index (χ3v) is 4.18. The molecule has 22 heavy (non-hydrogen) atoms. The molecule has 2 aromatic carbocycles. The molecule has 0 saturated heterocycles. The van der Waals surface area contributed by atoms with Crippen molar-refractivity contribution in [1.82, 2.24) is 0 Å². The van der Waals surface area contributed by atoms with E-state index in [-0.39, 0.29) is 10.6 Å². The lowest BCUT2D eigenvalue weighted by Crippen LogP contribution is -2.13. The third kappa shape index (κ3) is 3.26. The summed E-state index contributed by atoms with van der Waals surface area (Å²) in [5, 5.41) is 20.1. The molecule has 8 nitrogen and oxygen atoms in total. The normalized spacial score (nSPS) is 11.0. The van der Waals surface area contributed by atoms with Gasteiger partial charge in [0.2, 0.25) is 0 Å². The molecule has 0 aromatic heterocycles. The molecule has 0 spiro atoms. The van der Waals surface area contributed by atoms with E-state index in [0.29, 0.717) is 5.75 Å². The standard InChI is InChI=1S/C13H12N2O6S/c1-21-10-4-2-9(3-5-10)14-22(19,20)11-6-7-13(16)12(8-11)15(17)18/h2-8,14,16H,1H3. The van der Waals surface area contributed by atoms with Crippen molar-refractivity contribution in [1.29, 1.82) is 0 Å². The zero-order valence-corrected chi connectivity index (χ0v) is 12.2. The van der Waals surface area contributed by atoms with E-state index in [1.54, 1.807) is 12.1 Å². The summed E-state index contributed by atoms with van der Waals surface area (Å²) in [7, 11) is -2.53. The number of nitro benzene ring substituents is 1. The molecule has 0 unspecified atom stereocenters. The molecule has 0 aliphatic rings. The van der Waals surface area contributed by atoms with Crippen molar-refractivity contribution in [2.45, 2.75) is 4.90 Å². The number of nitrogens with one attached hydrogen (secondary N) is 1. The number of hydrogen-bond donors (Lipinski definition) is 2. The van der Waals surface area contributed by atoms with Crippen LogP contribution in [0.4, 0.5) is 11.4 Å². The first-order valence-electron chi connectivity index (χ1n) is 5.98. The molecule has 2 aromatic rings. The second-order valence-corrected chi connectivity index (χ2v) is 5.92. The van der Waals surface area contributed by atoms with Gasteiger partial charge in [-0.2, -0.15) is 0 Å². The number of nitrogens with zero attached hydrogens (tertiary/aromatic N) is 1. The van der Waals surface area contributed by atoms with Crippen LogP contribution in [0.1, 0.15) is 0 Å². The molecule has 0 atom stereocenters. The molecule has 116 valence electrons. The fourth-order valence-electron chi connectivity index (χ4n) is 1.69. The lowest BCUT2D eigenvalue weighted by atomic mass is 10.3. The SMILES string of the molecule is COc1ccc(NS(=O)(=O)c2ccc(O)c([N+](=O)[O-])c2)cc1. The number of aromatic hydroxyl groups is 1. The van der Waals surface area contributed by atoms with E-state index < -0.39 is 26.4 Å². The fraction of sp³-hybridized carbons (Fsp3) is 0.0769. The molecular formula is C13H12N2O6S. The van der Waals surface area contributed by atoms with Crippen LogP contribution < -0.4 is 9.46 Å². The van der Waals surface area contributed by atoms with Crippen LogP contribution in [0.2, 0.25) is 0 Å². The molecular weight excluding hydrogens is 312 g/mol. The number of phenols is 1. The Bertz CT molecular complexity index is 802. The topological polar surface area (TPSA) is 119 Å². The average molecular weight is 324 g/mol. The van der Waals surface area contributed by atoms with Gasteiger partial charge in [0, 0.05) is 11.8 Å². The van der Waals surface area contributed by atoms with Gasteiger partial charge in [0.1, 0.15) is 5.75 Å². The number of hydrogen-bond acceptors (Lipinski definition) is 6. The van der Waals surface area contributed by atoms with Crippen LogP contribution in [0.15, 0.2) is 47.4 Å². The van der Waals surface area contributed by atoms with Gasteiger partial charge in [-0.1, -0.05) is 0 Å². The average Bonchev–Trinajstić information content (AvgIpc) is 2.47. The second-order valence-electron chi connectivity index (χ2n) is 4.24. The van der Waals surface area contributed by atoms with E-state index in [9.17, 15) is 23.6 Å². The molecule has 0 radical (unpaired) electrons. The molecule has 9 heteroatoms. The molecule has 2 rings (SSSR count). The van der Waals surface area contributed by atoms with Gasteiger partial charge >= 0.3 is 5.69 Å². The monoisotopic (exact) mass is 324 g/mol. The Balaban J connectivity index is 2.33. The van der Waals surface area contributed by atoms with Crippen molar-refractivity contribution in [3.8, 4) is 11.5 Å². The van der Waals surface area contributed by atoms with Crippen LogP contribution in [0.25, 0.3) is 0 Å². The number of nitro groups is 1. The van der Waals surface area contributed by atoms with Crippen molar-refractivity contribution in [3.63, 3.8) is 0 Å². The van der Waals surface area contributed by atoms with Crippen LogP contribution in [-0.2, 0) is 10.0 Å². The van der Waals surface area contributed by atoms with Crippen LogP contribution in [0, 0.1) is 10.1 Å². The zero-order chi connectivity index (χ0) is 16.3. The van der Waals surface area contributed by atoms with Gasteiger partial charge in [-0.3, -0.25) is 14.8 Å². The van der Waals surface area contributed by atoms with Crippen molar-refractivity contribution in [2.75, 3.05) is 11.8 Å². The first kappa shape index (κ1) is 15.6. The van der Waals surface area contributed by atoms with Gasteiger partial charge in [0.15, 0.2) is 5.75 Å². The van der Waals surface area contributed by atoms with Crippen molar-refractivity contribution < 1.29 is 23.2 Å². The lowest BCUT2D eigenvalue weighted by Gasteiger charge is -2.09. The fourth-order valence-corrected chi connectivity index (χ4v) is 2.77. The Kier molecular flexibility index (Phi) is 4.18. The summed E-state index contributed by atoms with van der Waals surface area (Å²) in [5.74, 6) is -0.0448. The highest BCUT2D eigenvalue weighted by molar-refractivity contribution is 7.92. The number of rotatable bonds is 5. The highest BCUT2D eigenvalue weighted by atomic mass is 32.2. The summed E-state index contributed by atoms with van der Waals surface area (Å²) < 4.78 is 31.6. The van der Waals surface area contributed by atoms with Gasteiger partial charge in [-0.15, -0.1) is 0 Å². The van der Waals surface area contributed by atoms with Gasteiger partial charge in [0.05, 0.1) is 16.9 Å². The Morgan fingerprint density at radius 3 is 2.36 bits per heavy atom. The Hall–Kier alpha value is -2.81. The molecule has 0 bridgehead atoms. The maximum absolute atomic E-state index is 12.2. The Morgan fingerprint density at radius 1 is 1.18 bits per heavy atom. The maximum atomic E-state index is 12.2. The van der Waals surface area contributed by atoms with Gasteiger partial charge < -0.3 is 9.84 Å². The summed E-state index contributed by atoms with van der Waals surface area (Å²) in [4.78, 5) is 9.56. The Labute approximate surface area is 126 Å². The van der Waals surface area contributed by atoms with E-state index in [0.717, 1.165) is 18.2 Å². The van der Waals surface area contributed by atoms with Crippen molar-refractivity contribution in [3.05, 3.63) is 52.6 Å². The van der Waals surface area contributed by atoms with Crippen molar-refractivity contribution in [2.24, 2.45) is 0 Å². The van der Waals surface area contributed by atoms with Crippen molar-refractivity contribution >= 4 is 21.4 Å². The van der Waals surface area contributed by atoms with Crippen LogP contribution >= 0.6 is 0 Å². The number of ether oxygens (including phenoxy) is 1. The van der Waals surface area contributed by atoms with Crippen LogP contribution in [0.5, 0.6) is 11.5 Å². The van der Waals surface area contributed by atoms with E-state index in [4.69, 9.17) is 4.74 Å². The summed E-state index contributed by atoms with van der Waals surface area (Å²) in [6, 6.07) is 8.95. The minimum atomic E-state index is -4.01. The van der Waals surface area contributed by atoms with E-state index in [1.165, 1.54) is 19.2 Å². The second kappa shape index (κ2) is 5.90. The van der Waals surface area contributed by atoms with E-state index in [1.807, 2.05) is 0 Å². The summed E-state index contributed by atoms with van der Waals surface area (Å²) in [5.41, 5.74) is -0.408. The lowest BCUT2D eigenvalue weighted by molar-refractivity contribution is -0.386. The first-order chi connectivity index (χ1) is 10.3. The molecule has 0 fully saturated rings. The van der Waals surface area contributed by atoms with Gasteiger partial charge in [-0.05, 0) is 36.4 Å². The number of anilines is 1. The largest absolute Gasteiger partial charge is 0.502 e. The number of phenolic OH excluding ortho intramolecular Hbond substituents is 1. The zero-order valence-electron chi connectivity index (χ0n) is 11.4. The van der Waals surface area contributed by atoms with E-state index >= 15 is 0 Å². The quantitative estimate of drug-likeness (QED) is 0.642. The number of methoxy groups -OCH3 is 1. The highest BCUT2D eigenvalue weighted by Gasteiger charge is 2.21. The predicted molar refractivity (Wildman–Crippen MR) is 78.6 cm³/mol. The Morgan fingerprint density at radius 2 is 1.82 bits per heavy atom.